The third-order valence-electron chi connectivity index (χ3n) is 3.21. The zero-order valence-corrected chi connectivity index (χ0v) is 12.1. The summed E-state index contributed by atoms with van der Waals surface area (Å²) >= 11 is 0. The average molecular weight is 292 g/mol. The standard InChI is InChI=1S/C16H20O5/c1-19-11-13(10-15(17)18)12-5-4-6-14(9-12)21-16-7-2-3-8-20-16/h4-6,9-10,16H,2-3,7-8,11H2,1H3,(H,17,18). The van der Waals surface area contributed by atoms with Crippen molar-refractivity contribution in [3.05, 3.63) is 35.9 Å². The second-order valence-electron chi connectivity index (χ2n) is 4.88. The van der Waals surface area contributed by atoms with Crippen molar-refractivity contribution >= 4 is 11.5 Å². The minimum atomic E-state index is -0.996. The molecule has 5 nitrogen and oxygen atoms in total. The summed E-state index contributed by atoms with van der Waals surface area (Å²) in [4.78, 5) is 10.9. The second kappa shape index (κ2) is 7.81. The van der Waals surface area contributed by atoms with Crippen LogP contribution in [-0.2, 0) is 14.3 Å². The number of aliphatic carboxylic acids is 1. The van der Waals surface area contributed by atoms with E-state index in [1.54, 1.807) is 0 Å². The van der Waals surface area contributed by atoms with Gasteiger partial charge in [-0.05, 0) is 36.1 Å². The minimum absolute atomic E-state index is 0.219. The van der Waals surface area contributed by atoms with Gasteiger partial charge in [-0.3, -0.25) is 0 Å². The monoisotopic (exact) mass is 292 g/mol. The molecule has 0 bridgehead atoms. The molecule has 0 radical (unpaired) electrons. The van der Waals surface area contributed by atoms with E-state index in [1.807, 2.05) is 24.3 Å². The summed E-state index contributed by atoms with van der Waals surface area (Å²) in [5.74, 6) is -0.323. The van der Waals surface area contributed by atoms with Gasteiger partial charge in [0.1, 0.15) is 5.75 Å². The molecule has 1 unspecified atom stereocenters. The molecule has 0 amide bonds. The number of hydrogen-bond donors (Lipinski definition) is 1. The molecule has 1 heterocycles. The third-order valence-corrected chi connectivity index (χ3v) is 3.21. The Labute approximate surface area is 124 Å². The average Bonchev–Trinajstić information content (AvgIpc) is 2.48. The molecule has 1 aliphatic rings. The Morgan fingerprint density at radius 3 is 3.00 bits per heavy atom. The summed E-state index contributed by atoms with van der Waals surface area (Å²) in [6.45, 7) is 0.952. The zero-order chi connectivity index (χ0) is 15.1. The van der Waals surface area contributed by atoms with E-state index in [4.69, 9.17) is 19.3 Å². The molecule has 0 saturated carbocycles. The van der Waals surface area contributed by atoms with Crippen LogP contribution in [0.2, 0.25) is 0 Å². The van der Waals surface area contributed by atoms with Crippen molar-refractivity contribution in [3.8, 4) is 5.75 Å². The van der Waals surface area contributed by atoms with Crippen molar-refractivity contribution in [1.82, 2.24) is 0 Å². The molecule has 5 heteroatoms. The van der Waals surface area contributed by atoms with Gasteiger partial charge in [0.05, 0.1) is 13.2 Å². The summed E-state index contributed by atoms with van der Waals surface area (Å²) in [5, 5.41) is 8.92. The number of rotatable bonds is 6. The maximum absolute atomic E-state index is 10.9. The van der Waals surface area contributed by atoms with Gasteiger partial charge < -0.3 is 19.3 Å². The number of carboxylic acids is 1. The van der Waals surface area contributed by atoms with Gasteiger partial charge in [0.25, 0.3) is 0 Å². The lowest BCUT2D eigenvalue weighted by atomic mass is 10.1. The number of carboxylic acid groups (broad SMARTS) is 1. The van der Waals surface area contributed by atoms with Crippen molar-refractivity contribution in [3.63, 3.8) is 0 Å². The van der Waals surface area contributed by atoms with Crippen molar-refractivity contribution < 1.29 is 24.1 Å². The van der Waals surface area contributed by atoms with Crippen LogP contribution in [0.5, 0.6) is 5.75 Å². The predicted molar refractivity (Wildman–Crippen MR) is 78.1 cm³/mol. The zero-order valence-electron chi connectivity index (χ0n) is 12.1. The summed E-state index contributed by atoms with van der Waals surface area (Å²) in [6.07, 6.45) is 3.97. The van der Waals surface area contributed by atoms with Crippen molar-refractivity contribution in [1.29, 1.82) is 0 Å². The molecule has 0 aliphatic carbocycles. The fraction of sp³-hybridized carbons (Fsp3) is 0.438. The Balaban J connectivity index is 2.13. The molecular formula is C16H20O5. The number of carbonyl (C=O) groups is 1. The number of hydrogen-bond acceptors (Lipinski definition) is 4. The highest BCUT2D eigenvalue weighted by atomic mass is 16.7. The van der Waals surface area contributed by atoms with Gasteiger partial charge in [0.2, 0.25) is 0 Å². The molecule has 114 valence electrons. The lowest BCUT2D eigenvalue weighted by Gasteiger charge is -2.23. The first kappa shape index (κ1) is 15.5. The summed E-state index contributed by atoms with van der Waals surface area (Å²) in [5.41, 5.74) is 1.37. The van der Waals surface area contributed by atoms with E-state index in [1.165, 1.54) is 7.11 Å². The van der Waals surface area contributed by atoms with E-state index in [-0.39, 0.29) is 12.9 Å². The third kappa shape index (κ3) is 4.88. The topological polar surface area (TPSA) is 65.0 Å². The Bertz CT molecular complexity index is 503. The molecule has 1 fully saturated rings. The van der Waals surface area contributed by atoms with Crippen molar-refractivity contribution in [2.75, 3.05) is 20.3 Å². The lowest BCUT2D eigenvalue weighted by molar-refractivity contribution is -0.131. The highest BCUT2D eigenvalue weighted by Crippen LogP contribution is 2.23. The first-order chi connectivity index (χ1) is 10.2. The molecule has 1 N–H and O–H groups in total. The smallest absolute Gasteiger partial charge is 0.328 e. The van der Waals surface area contributed by atoms with Crippen LogP contribution >= 0.6 is 0 Å². The lowest BCUT2D eigenvalue weighted by Crippen LogP contribution is -2.24. The molecule has 1 aromatic carbocycles. The van der Waals surface area contributed by atoms with Gasteiger partial charge in [0, 0.05) is 19.6 Å². The van der Waals surface area contributed by atoms with E-state index in [9.17, 15) is 4.79 Å². The van der Waals surface area contributed by atoms with Gasteiger partial charge in [-0.2, -0.15) is 0 Å². The largest absolute Gasteiger partial charge is 0.478 e. The highest BCUT2D eigenvalue weighted by Gasteiger charge is 2.15. The first-order valence-corrected chi connectivity index (χ1v) is 7.00. The minimum Gasteiger partial charge on any atom is -0.478 e. The second-order valence-corrected chi connectivity index (χ2v) is 4.88. The van der Waals surface area contributed by atoms with Crippen LogP contribution in [0.1, 0.15) is 24.8 Å². The number of benzene rings is 1. The SMILES string of the molecule is COCC(=CC(=O)O)c1cccc(OC2CCCCO2)c1. The molecular weight excluding hydrogens is 272 g/mol. The van der Waals surface area contributed by atoms with E-state index in [2.05, 4.69) is 0 Å². The fourth-order valence-electron chi connectivity index (χ4n) is 2.24. The Kier molecular flexibility index (Phi) is 5.78. The van der Waals surface area contributed by atoms with Gasteiger partial charge in [-0.1, -0.05) is 12.1 Å². The molecule has 1 saturated heterocycles. The van der Waals surface area contributed by atoms with E-state index in [0.717, 1.165) is 37.5 Å². The van der Waals surface area contributed by atoms with E-state index < -0.39 is 5.97 Å². The Hall–Kier alpha value is -1.85. The maximum Gasteiger partial charge on any atom is 0.328 e. The summed E-state index contributed by atoms with van der Waals surface area (Å²) < 4.78 is 16.4. The predicted octanol–water partition coefficient (Wildman–Crippen LogP) is 2.71. The molecule has 0 aromatic heterocycles. The van der Waals surface area contributed by atoms with Gasteiger partial charge in [-0.15, -0.1) is 0 Å². The van der Waals surface area contributed by atoms with Gasteiger partial charge in [0.15, 0.2) is 6.29 Å². The summed E-state index contributed by atoms with van der Waals surface area (Å²) in [6, 6.07) is 7.32. The molecule has 1 aliphatic heterocycles. The molecule has 21 heavy (non-hydrogen) atoms. The normalized spacial score (nSPS) is 19.3. The van der Waals surface area contributed by atoms with Gasteiger partial charge in [-0.25, -0.2) is 4.79 Å². The van der Waals surface area contributed by atoms with Crippen LogP contribution in [-0.4, -0.2) is 37.7 Å². The van der Waals surface area contributed by atoms with Crippen molar-refractivity contribution in [2.45, 2.75) is 25.6 Å². The van der Waals surface area contributed by atoms with Crippen LogP contribution in [0.15, 0.2) is 30.3 Å². The number of methoxy groups -OCH3 is 1. The molecule has 1 atom stereocenters. The Morgan fingerprint density at radius 2 is 2.33 bits per heavy atom. The van der Waals surface area contributed by atoms with Crippen LogP contribution in [0.25, 0.3) is 5.57 Å². The van der Waals surface area contributed by atoms with Crippen LogP contribution in [0.3, 0.4) is 0 Å². The highest BCUT2D eigenvalue weighted by molar-refractivity contribution is 5.90. The van der Waals surface area contributed by atoms with Gasteiger partial charge >= 0.3 is 5.97 Å². The fourth-order valence-corrected chi connectivity index (χ4v) is 2.24. The molecule has 0 spiro atoms. The quantitative estimate of drug-likeness (QED) is 0.817. The Morgan fingerprint density at radius 1 is 1.48 bits per heavy atom. The molecule has 1 aromatic rings. The van der Waals surface area contributed by atoms with E-state index >= 15 is 0 Å². The van der Waals surface area contributed by atoms with E-state index in [0.29, 0.717) is 11.3 Å². The van der Waals surface area contributed by atoms with Crippen LogP contribution in [0, 0.1) is 0 Å². The van der Waals surface area contributed by atoms with Crippen LogP contribution < -0.4 is 4.74 Å². The van der Waals surface area contributed by atoms with Crippen LogP contribution in [0.4, 0.5) is 0 Å². The molecule has 2 rings (SSSR count). The number of ether oxygens (including phenoxy) is 3. The maximum atomic E-state index is 10.9. The van der Waals surface area contributed by atoms with Crippen molar-refractivity contribution in [2.24, 2.45) is 0 Å². The summed E-state index contributed by atoms with van der Waals surface area (Å²) in [7, 11) is 1.53. The first-order valence-electron chi connectivity index (χ1n) is 7.00.